The van der Waals surface area contributed by atoms with Crippen LogP contribution in [-0.4, -0.2) is 18.7 Å². The van der Waals surface area contributed by atoms with Crippen LogP contribution in [0.2, 0.25) is 0 Å². The Hall–Kier alpha value is -7.93. The minimum absolute atomic E-state index is 0.549. The highest BCUT2D eigenvalue weighted by Crippen LogP contribution is 2.42. The molecule has 0 amide bonds. The molecule has 0 bridgehead atoms. The third kappa shape index (κ3) is 4.50. The normalized spacial score (nSPS) is 11.6. The number of hydrogen-bond acceptors (Lipinski definition) is 2. The van der Waals surface area contributed by atoms with Crippen LogP contribution in [0.15, 0.2) is 170 Å². The maximum absolute atomic E-state index is 9.67. The SMILES string of the molecule is [C-]#[N+]c1cc(-c2cccc(-n3c4ccc5c(c6ccccc6n5-c5ccccc5)c4c4cccnc43)c2)cc(-n2c3ccccc3c3cc(C#N)ccc32)c1. The van der Waals surface area contributed by atoms with Crippen molar-refractivity contribution in [2.24, 2.45) is 0 Å². The van der Waals surface area contributed by atoms with Crippen molar-refractivity contribution >= 4 is 71.2 Å². The van der Waals surface area contributed by atoms with Gasteiger partial charge in [-0.2, -0.15) is 5.26 Å². The van der Waals surface area contributed by atoms with Crippen molar-refractivity contribution < 1.29 is 0 Å². The molecule has 0 N–H and O–H groups in total. The second kappa shape index (κ2) is 11.8. The zero-order valence-corrected chi connectivity index (χ0v) is 29.3. The lowest BCUT2D eigenvalue weighted by Gasteiger charge is -2.13. The maximum atomic E-state index is 9.67. The number of benzene rings is 7. The van der Waals surface area contributed by atoms with Gasteiger partial charge < -0.3 is 9.13 Å². The van der Waals surface area contributed by atoms with Gasteiger partial charge in [0.15, 0.2) is 5.69 Å². The highest BCUT2D eigenvalue weighted by atomic mass is 15.1. The van der Waals surface area contributed by atoms with Crippen LogP contribution in [0.4, 0.5) is 5.69 Å². The number of aromatic nitrogens is 4. The quantitative estimate of drug-likeness (QED) is 0.172. The fourth-order valence-corrected chi connectivity index (χ4v) is 8.61. The molecule has 11 rings (SSSR count). The Bertz CT molecular complexity index is 3460. The summed E-state index contributed by atoms with van der Waals surface area (Å²) >= 11 is 0. The summed E-state index contributed by atoms with van der Waals surface area (Å²) in [6.45, 7) is 8.09. The van der Waals surface area contributed by atoms with Crippen molar-refractivity contribution in [3.8, 4) is 34.3 Å². The van der Waals surface area contributed by atoms with Gasteiger partial charge >= 0.3 is 0 Å². The minimum Gasteiger partial charge on any atom is -0.310 e. The topological polar surface area (TPSA) is 55.8 Å². The van der Waals surface area contributed by atoms with Crippen LogP contribution in [0.1, 0.15) is 5.56 Å². The summed E-state index contributed by atoms with van der Waals surface area (Å²) in [7, 11) is 0. The minimum atomic E-state index is 0.549. The zero-order valence-electron chi connectivity index (χ0n) is 29.3. The summed E-state index contributed by atoms with van der Waals surface area (Å²) < 4.78 is 6.81. The van der Waals surface area contributed by atoms with E-state index in [0.717, 1.165) is 77.6 Å². The van der Waals surface area contributed by atoms with Crippen molar-refractivity contribution in [1.29, 1.82) is 5.26 Å². The Morgan fingerprint density at radius 3 is 1.93 bits per heavy atom. The first-order chi connectivity index (χ1) is 27.2. The summed E-state index contributed by atoms with van der Waals surface area (Å²) in [5.41, 5.74) is 12.4. The average Bonchev–Trinajstić information content (AvgIpc) is 3.89. The molecule has 0 fully saturated rings. The van der Waals surface area contributed by atoms with Gasteiger partial charge in [0, 0.05) is 55.6 Å². The molecule has 4 heterocycles. The smallest absolute Gasteiger partial charge is 0.189 e. The lowest BCUT2D eigenvalue weighted by Crippen LogP contribution is -1.97. The highest BCUT2D eigenvalue weighted by molar-refractivity contribution is 6.28. The van der Waals surface area contributed by atoms with Crippen LogP contribution >= 0.6 is 0 Å². The third-order valence-electron chi connectivity index (χ3n) is 10.9. The standard InChI is InChI=1S/C49H28N6/c1-51-34-26-33(28-37(29-34)54-42-18-7-5-15-38(42)41-25-31(30-50)20-21-44(41)54)32-11-9-14-36(27-32)55-46-23-22-45-47(48(46)40-17-10-24-52-49(40)55)39-16-6-8-19-43(39)53(45)35-12-3-2-4-13-35/h2-29H. The molecule has 0 unspecified atom stereocenters. The van der Waals surface area contributed by atoms with Gasteiger partial charge in [-0.15, -0.1) is 0 Å². The van der Waals surface area contributed by atoms with E-state index >= 15 is 0 Å². The predicted octanol–water partition coefficient (Wildman–Crippen LogP) is 12.5. The second-order valence-electron chi connectivity index (χ2n) is 13.8. The van der Waals surface area contributed by atoms with E-state index in [1.54, 1.807) is 0 Å². The van der Waals surface area contributed by atoms with E-state index < -0.39 is 0 Å². The molecule has 0 radical (unpaired) electrons. The summed E-state index contributed by atoms with van der Waals surface area (Å²) in [5.74, 6) is 0. The number of nitriles is 1. The summed E-state index contributed by atoms with van der Waals surface area (Å²) in [6, 6.07) is 58.7. The van der Waals surface area contributed by atoms with Crippen LogP contribution in [-0.2, 0) is 0 Å². The van der Waals surface area contributed by atoms with E-state index in [1.165, 1.54) is 16.2 Å². The number of pyridine rings is 1. The van der Waals surface area contributed by atoms with Gasteiger partial charge in [-0.3, -0.25) is 4.57 Å². The lowest BCUT2D eigenvalue weighted by molar-refractivity contribution is 1.13. The molecule has 0 aliphatic rings. The first-order valence-corrected chi connectivity index (χ1v) is 18.1. The molecular weight excluding hydrogens is 673 g/mol. The van der Waals surface area contributed by atoms with Crippen molar-refractivity contribution in [3.05, 3.63) is 187 Å². The second-order valence-corrected chi connectivity index (χ2v) is 13.8. The largest absolute Gasteiger partial charge is 0.310 e. The van der Waals surface area contributed by atoms with E-state index in [9.17, 15) is 5.26 Å². The molecule has 6 nitrogen and oxygen atoms in total. The van der Waals surface area contributed by atoms with E-state index in [4.69, 9.17) is 11.6 Å². The Labute approximate surface area is 315 Å². The summed E-state index contributed by atoms with van der Waals surface area (Å²) in [5, 5.41) is 16.4. The molecule has 0 saturated heterocycles. The number of para-hydroxylation sites is 3. The Kier molecular flexibility index (Phi) is 6.58. The van der Waals surface area contributed by atoms with E-state index in [0.29, 0.717) is 11.3 Å². The van der Waals surface area contributed by atoms with Gasteiger partial charge in [-0.25, -0.2) is 9.83 Å². The van der Waals surface area contributed by atoms with Gasteiger partial charge in [0.05, 0.1) is 45.8 Å². The number of nitrogens with zero attached hydrogens (tertiary/aromatic N) is 6. The molecule has 254 valence electrons. The Morgan fingerprint density at radius 2 is 1.11 bits per heavy atom. The van der Waals surface area contributed by atoms with Gasteiger partial charge in [-0.1, -0.05) is 66.7 Å². The van der Waals surface area contributed by atoms with Crippen LogP contribution < -0.4 is 0 Å². The number of hydrogen-bond donors (Lipinski definition) is 0. The molecule has 0 aliphatic carbocycles. The average molecular weight is 701 g/mol. The highest BCUT2D eigenvalue weighted by Gasteiger charge is 2.21. The summed E-state index contributed by atoms with van der Waals surface area (Å²) in [4.78, 5) is 8.91. The molecule has 4 aromatic heterocycles. The van der Waals surface area contributed by atoms with Gasteiger partial charge in [0.1, 0.15) is 5.65 Å². The molecule has 11 aromatic rings. The molecule has 55 heavy (non-hydrogen) atoms. The third-order valence-corrected chi connectivity index (χ3v) is 10.9. The van der Waals surface area contributed by atoms with Crippen molar-refractivity contribution in [3.63, 3.8) is 0 Å². The lowest BCUT2D eigenvalue weighted by atomic mass is 10.0. The maximum Gasteiger partial charge on any atom is 0.189 e. The van der Waals surface area contributed by atoms with E-state index in [2.05, 4.69) is 140 Å². The predicted molar refractivity (Wildman–Crippen MR) is 224 cm³/mol. The number of fused-ring (bicyclic) bond motifs is 10. The molecule has 0 spiro atoms. The Balaban J connectivity index is 1.14. The van der Waals surface area contributed by atoms with E-state index in [1.807, 2.05) is 54.7 Å². The first-order valence-electron chi connectivity index (χ1n) is 18.1. The van der Waals surface area contributed by atoms with Crippen molar-refractivity contribution in [1.82, 2.24) is 18.7 Å². The van der Waals surface area contributed by atoms with Gasteiger partial charge in [-0.05, 0) is 108 Å². The number of rotatable bonds is 4. The van der Waals surface area contributed by atoms with Gasteiger partial charge in [0.2, 0.25) is 0 Å². The fourth-order valence-electron chi connectivity index (χ4n) is 8.61. The monoisotopic (exact) mass is 700 g/mol. The Morgan fingerprint density at radius 1 is 0.473 bits per heavy atom. The molecule has 7 aromatic carbocycles. The first kappa shape index (κ1) is 30.7. The van der Waals surface area contributed by atoms with Gasteiger partial charge in [0.25, 0.3) is 0 Å². The van der Waals surface area contributed by atoms with E-state index in [-0.39, 0.29) is 0 Å². The molecule has 6 heteroatoms. The van der Waals surface area contributed by atoms with Crippen molar-refractivity contribution in [2.45, 2.75) is 0 Å². The van der Waals surface area contributed by atoms with Crippen LogP contribution in [0.25, 0.3) is 98.6 Å². The zero-order chi connectivity index (χ0) is 36.6. The summed E-state index contributed by atoms with van der Waals surface area (Å²) in [6.07, 6.45) is 1.86. The van der Waals surface area contributed by atoms with Crippen LogP contribution in [0.3, 0.4) is 0 Å². The fraction of sp³-hybridized carbons (Fsp3) is 0. The van der Waals surface area contributed by atoms with Crippen molar-refractivity contribution in [2.75, 3.05) is 0 Å². The molecule has 0 atom stereocenters. The van der Waals surface area contributed by atoms with Crippen LogP contribution in [0, 0.1) is 17.9 Å². The molecule has 0 saturated carbocycles. The van der Waals surface area contributed by atoms with Crippen LogP contribution in [0.5, 0.6) is 0 Å². The molecule has 0 aliphatic heterocycles. The molecular formula is C49H28N6.